The van der Waals surface area contributed by atoms with E-state index in [1.54, 1.807) is 16.8 Å². The van der Waals surface area contributed by atoms with E-state index in [1.807, 2.05) is 43.3 Å². The molecular weight excluding hydrogens is 286 g/mol. The lowest BCUT2D eigenvalue weighted by atomic mass is 10.1. The lowest BCUT2D eigenvalue weighted by Crippen LogP contribution is -2.00. The minimum atomic E-state index is -0.156. The van der Waals surface area contributed by atoms with Crippen LogP contribution in [0.15, 0.2) is 48.5 Å². The molecule has 0 spiro atoms. The van der Waals surface area contributed by atoms with Crippen molar-refractivity contribution in [2.24, 2.45) is 0 Å². The smallest absolute Gasteiger partial charge is 0.117 e. The van der Waals surface area contributed by atoms with Gasteiger partial charge in [0.2, 0.25) is 0 Å². The molecular formula is C16H14ClN3O. The van der Waals surface area contributed by atoms with Crippen LogP contribution in [0.4, 0.5) is 0 Å². The van der Waals surface area contributed by atoms with Gasteiger partial charge in [-0.25, -0.2) is 4.68 Å². The Balaban J connectivity index is 2.16. The van der Waals surface area contributed by atoms with Crippen molar-refractivity contribution in [1.29, 1.82) is 0 Å². The van der Waals surface area contributed by atoms with E-state index in [4.69, 9.17) is 11.6 Å². The van der Waals surface area contributed by atoms with Crippen LogP contribution in [-0.2, 0) is 6.61 Å². The van der Waals surface area contributed by atoms with Crippen LogP contribution in [0.3, 0.4) is 0 Å². The predicted octanol–water partition coefficient (Wildman–Crippen LogP) is 3.39. The first-order chi connectivity index (χ1) is 10.2. The predicted molar refractivity (Wildman–Crippen MR) is 82.5 cm³/mol. The Bertz CT molecular complexity index is 748. The first kappa shape index (κ1) is 13.8. The molecule has 3 rings (SSSR count). The van der Waals surface area contributed by atoms with Crippen molar-refractivity contribution in [1.82, 2.24) is 15.0 Å². The first-order valence-corrected chi connectivity index (χ1v) is 6.95. The normalized spacial score (nSPS) is 10.8. The molecule has 1 heterocycles. The summed E-state index contributed by atoms with van der Waals surface area (Å²) in [4.78, 5) is 0. The van der Waals surface area contributed by atoms with E-state index < -0.39 is 0 Å². The highest BCUT2D eigenvalue weighted by Crippen LogP contribution is 2.26. The molecule has 1 aromatic heterocycles. The summed E-state index contributed by atoms with van der Waals surface area (Å²) in [5.41, 5.74) is 4.33. The summed E-state index contributed by atoms with van der Waals surface area (Å²) in [6.45, 7) is 1.88. The summed E-state index contributed by atoms with van der Waals surface area (Å²) < 4.78 is 1.71. The molecule has 5 heteroatoms. The minimum absolute atomic E-state index is 0.156. The summed E-state index contributed by atoms with van der Waals surface area (Å²) in [5, 5.41) is 18.4. The Morgan fingerprint density at radius 3 is 2.33 bits per heavy atom. The molecule has 0 amide bonds. The van der Waals surface area contributed by atoms with E-state index in [2.05, 4.69) is 10.3 Å². The van der Waals surface area contributed by atoms with Gasteiger partial charge >= 0.3 is 0 Å². The summed E-state index contributed by atoms with van der Waals surface area (Å²) >= 11 is 5.92. The summed E-state index contributed by atoms with van der Waals surface area (Å²) in [5.74, 6) is 0. The van der Waals surface area contributed by atoms with Crippen LogP contribution in [0.5, 0.6) is 0 Å². The van der Waals surface area contributed by atoms with E-state index in [9.17, 15) is 5.11 Å². The number of benzene rings is 2. The molecule has 0 radical (unpaired) electrons. The number of aromatic nitrogens is 3. The van der Waals surface area contributed by atoms with Crippen molar-refractivity contribution >= 4 is 11.6 Å². The number of aliphatic hydroxyl groups excluding tert-OH is 1. The number of rotatable bonds is 3. The van der Waals surface area contributed by atoms with Gasteiger partial charge in [0.1, 0.15) is 11.4 Å². The van der Waals surface area contributed by atoms with E-state index in [0.717, 1.165) is 16.9 Å². The Kier molecular flexibility index (Phi) is 3.73. The quantitative estimate of drug-likeness (QED) is 0.806. The van der Waals surface area contributed by atoms with Gasteiger partial charge in [0, 0.05) is 10.6 Å². The van der Waals surface area contributed by atoms with Gasteiger partial charge in [0.05, 0.1) is 12.3 Å². The molecule has 0 bridgehead atoms. The van der Waals surface area contributed by atoms with Crippen LogP contribution in [0, 0.1) is 6.92 Å². The number of hydrogen-bond acceptors (Lipinski definition) is 3. The lowest BCUT2D eigenvalue weighted by molar-refractivity contribution is 0.277. The third-order valence-electron chi connectivity index (χ3n) is 3.29. The van der Waals surface area contributed by atoms with Gasteiger partial charge in [0.25, 0.3) is 0 Å². The first-order valence-electron chi connectivity index (χ1n) is 6.57. The van der Waals surface area contributed by atoms with Gasteiger partial charge in [-0.3, -0.25) is 0 Å². The number of aryl methyl sites for hydroxylation is 1. The molecule has 0 aliphatic carbocycles. The molecule has 0 aliphatic rings. The molecule has 0 fully saturated rings. The summed E-state index contributed by atoms with van der Waals surface area (Å²) in [6, 6.07) is 15.4. The summed E-state index contributed by atoms with van der Waals surface area (Å²) in [6.07, 6.45) is 0. The second-order valence-electron chi connectivity index (χ2n) is 4.80. The highest BCUT2D eigenvalue weighted by atomic mass is 35.5. The maximum absolute atomic E-state index is 9.50. The van der Waals surface area contributed by atoms with Crippen molar-refractivity contribution in [2.75, 3.05) is 0 Å². The third-order valence-corrected chi connectivity index (χ3v) is 3.54. The average molecular weight is 300 g/mol. The molecule has 106 valence electrons. The monoisotopic (exact) mass is 299 g/mol. The second kappa shape index (κ2) is 5.68. The van der Waals surface area contributed by atoms with Crippen LogP contribution in [0.1, 0.15) is 11.3 Å². The van der Waals surface area contributed by atoms with Crippen LogP contribution in [0.25, 0.3) is 16.9 Å². The molecule has 4 nitrogen and oxygen atoms in total. The van der Waals surface area contributed by atoms with Crippen molar-refractivity contribution in [3.05, 3.63) is 64.8 Å². The zero-order chi connectivity index (χ0) is 14.8. The molecule has 0 aliphatic heterocycles. The number of halogens is 1. The minimum Gasteiger partial charge on any atom is -0.390 e. The Hall–Kier alpha value is -2.17. The Labute approximate surface area is 127 Å². The SMILES string of the molecule is Cc1ccc(-c2c(CO)nnn2-c2ccc(Cl)cc2)cc1. The van der Waals surface area contributed by atoms with E-state index in [-0.39, 0.29) is 6.61 Å². The fourth-order valence-electron chi connectivity index (χ4n) is 2.18. The zero-order valence-corrected chi connectivity index (χ0v) is 12.2. The maximum atomic E-state index is 9.50. The van der Waals surface area contributed by atoms with Gasteiger partial charge in [-0.15, -0.1) is 5.10 Å². The van der Waals surface area contributed by atoms with Gasteiger partial charge in [-0.1, -0.05) is 46.6 Å². The Morgan fingerprint density at radius 1 is 1.05 bits per heavy atom. The van der Waals surface area contributed by atoms with Gasteiger partial charge in [-0.2, -0.15) is 0 Å². The molecule has 3 aromatic rings. The largest absolute Gasteiger partial charge is 0.390 e. The third kappa shape index (κ3) is 2.68. The number of aliphatic hydroxyl groups is 1. The molecule has 0 saturated carbocycles. The van der Waals surface area contributed by atoms with Gasteiger partial charge < -0.3 is 5.11 Å². The topological polar surface area (TPSA) is 50.9 Å². The van der Waals surface area contributed by atoms with Crippen molar-refractivity contribution in [3.8, 4) is 16.9 Å². The molecule has 0 saturated heterocycles. The van der Waals surface area contributed by atoms with Crippen molar-refractivity contribution < 1.29 is 5.11 Å². The average Bonchev–Trinajstić information content (AvgIpc) is 2.93. The van der Waals surface area contributed by atoms with Crippen LogP contribution in [0.2, 0.25) is 5.02 Å². The molecule has 1 N–H and O–H groups in total. The zero-order valence-electron chi connectivity index (χ0n) is 11.5. The standard InChI is InChI=1S/C16H14ClN3O/c1-11-2-4-12(5-3-11)16-15(10-21)18-19-20(16)14-8-6-13(17)7-9-14/h2-9,21H,10H2,1H3. The van der Waals surface area contributed by atoms with Crippen molar-refractivity contribution in [2.45, 2.75) is 13.5 Å². The van der Waals surface area contributed by atoms with E-state index in [1.165, 1.54) is 5.56 Å². The fourth-order valence-corrected chi connectivity index (χ4v) is 2.31. The summed E-state index contributed by atoms with van der Waals surface area (Å²) in [7, 11) is 0. The van der Waals surface area contributed by atoms with Gasteiger partial charge in [0.15, 0.2) is 0 Å². The number of nitrogens with zero attached hydrogens (tertiary/aromatic N) is 3. The number of hydrogen-bond donors (Lipinski definition) is 1. The van der Waals surface area contributed by atoms with Crippen molar-refractivity contribution in [3.63, 3.8) is 0 Å². The Morgan fingerprint density at radius 2 is 1.71 bits per heavy atom. The molecule has 2 aromatic carbocycles. The van der Waals surface area contributed by atoms with Crippen LogP contribution < -0.4 is 0 Å². The van der Waals surface area contributed by atoms with E-state index in [0.29, 0.717) is 10.7 Å². The van der Waals surface area contributed by atoms with Gasteiger partial charge in [-0.05, 0) is 31.2 Å². The van der Waals surface area contributed by atoms with Crippen LogP contribution >= 0.6 is 11.6 Å². The van der Waals surface area contributed by atoms with E-state index >= 15 is 0 Å². The molecule has 0 unspecified atom stereocenters. The highest BCUT2D eigenvalue weighted by Gasteiger charge is 2.15. The molecule has 21 heavy (non-hydrogen) atoms. The lowest BCUT2D eigenvalue weighted by Gasteiger charge is -2.08. The highest BCUT2D eigenvalue weighted by molar-refractivity contribution is 6.30. The maximum Gasteiger partial charge on any atom is 0.117 e. The second-order valence-corrected chi connectivity index (χ2v) is 5.23. The fraction of sp³-hybridized carbons (Fsp3) is 0.125. The molecule has 0 atom stereocenters. The van der Waals surface area contributed by atoms with Crippen LogP contribution in [-0.4, -0.2) is 20.1 Å².